The Balaban J connectivity index is 1.53. The molecule has 0 aromatic carbocycles. The van der Waals surface area contributed by atoms with Crippen LogP contribution in [0.1, 0.15) is 21.6 Å². The van der Waals surface area contributed by atoms with Crippen molar-refractivity contribution in [3.05, 3.63) is 78.1 Å². The van der Waals surface area contributed by atoms with E-state index in [1.54, 1.807) is 18.5 Å². The molecule has 3 aromatic rings. The van der Waals surface area contributed by atoms with Gasteiger partial charge in [0, 0.05) is 30.8 Å². The lowest BCUT2D eigenvalue weighted by atomic mass is 10.2. The molecular weight excluding hydrogens is 330 g/mol. The summed E-state index contributed by atoms with van der Waals surface area (Å²) in [4.78, 5) is 18.8. The van der Waals surface area contributed by atoms with Gasteiger partial charge in [-0.15, -0.1) is 0 Å². The van der Waals surface area contributed by atoms with Gasteiger partial charge in [-0.05, 0) is 29.8 Å². The number of hydrogen-bond donors (Lipinski definition) is 0. The van der Waals surface area contributed by atoms with E-state index >= 15 is 0 Å². The van der Waals surface area contributed by atoms with E-state index in [0.717, 1.165) is 11.3 Å². The third-order valence-electron chi connectivity index (χ3n) is 4.43. The predicted octanol–water partition coefficient (Wildman–Crippen LogP) is 1.91. The number of amides is 1. The summed E-state index contributed by atoms with van der Waals surface area (Å²) in [6, 6.07) is 9.59. The van der Waals surface area contributed by atoms with Crippen LogP contribution in [0.2, 0.25) is 0 Å². The van der Waals surface area contributed by atoms with Crippen molar-refractivity contribution in [2.24, 2.45) is 0 Å². The van der Waals surface area contributed by atoms with E-state index in [4.69, 9.17) is 4.74 Å². The van der Waals surface area contributed by atoms with Gasteiger partial charge >= 0.3 is 0 Å². The highest BCUT2D eigenvalue weighted by molar-refractivity contribution is 5.93. The number of rotatable bonds is 4. The van der Waals surface area contributed by atoms with E-state index in [1.807, 2.05) is 35.4 Å². The van der Waals surface area contributed by atoms with Crippen LogP contribution >= 0.6 is 0 Å². The Morgan fingerprint density at radius 3 is 2.88 bits per heavy atom. The summed E-state index contributed by atoms with van der Waals surface area (Å²) in [6.45, 7) is 2.24. The largest absolute Gasteiger partial charge is 0.370 e. The molecule has 1 amide bonds. The van der Waals surface area contributed by atoms with E-state index in [1.165, 1.54) is 12.4 Å². The maximum absolute atomic E-state index is 12.9. The molecule has 7 heteroatoms. The summed E-state index contributed by atoms with van der Waals surface area (Å²) in [7, 11) is 0. The Bertz CT molecular complexity index is 866. The van der Waals surface area contributed by atoms with Crippen molar-refractivity contribution in [3.63, 3.8) is 0 Å². The summed E-state index contributed by atoms with van der Waals surface area (Å²) >= 11 is 0. The molecule has 1 atom stereocenters. The second-order valence-corrected chi connectivity index (χ2v) is 6.26. The minimum absolute atomic E-state index is 0.0653. The highest BCUT2D eigenvalue weighted by Gasteiger charge is 2.26. The van der Waals surface area contributed by atoms with Gasteiger partial charge < -0.3 is 14.2 Å². The molecule has 0 bridgehead atoms. The lowest BCUT2D eigenvalue weighted by Gasteiger charge is -2.24. The molecule has 0 saturated carbocycles. The van der Waals surface area contributed by atoms with Crippen molar-refractivity contribution in [1.82, 2.24) is 24.6 Å². The average molecular weight is 349 g/mol. The van der Waals surface area contributed by atoms with Gasteiger partial charge in [0.2, 0.25) is 0 Å². The van der Waals surface area contributed by atoms with E-state index < -0.39 is 0 Å². The number of hydrogen-bond acceptors (Lipinski definition) is 5. The fourth-order valence-electron chi connectivity index (χ4n) is 3.11. The average Bonchev–Trinajstić information content (AvgIpc) is 3.05. The van der Waals surface area contributed by atoms with Gasteiger partial charge in [0.15, 0.2) is 0 Å². The SMILES string of the molecule is O=C(c1ccnnc1)N1Cc2cccn2C[C@@H](OCc2cccnc2)C1. The molecule has 0 aliphatic carbocycles. The van der Waals surface area contributed by atoms with Gasteiger partial charge in [-0.1, -0.05) is 6.07 Å². The molecule has 7 nitrogen and oxygen atoms in total. The summed E-state index contributed by atoms with van der Waals surface area (Å²) in [5.41, 5.74) is 2.64. The standard InChI is InChI=1S/C19H19N5O2/c25-19(16-5-7-21-22-10-16)24-11-17-4-2-8-23(17)12-18(13-24)26-14-15-3-1-6-20-9-15/h1-10,18H,11-14H2/t18-/m1/s1. The second kappa shape index (κ2) is 7.45. The van der Waals surface area contributed by atoms with Gasteiger partial charge in [0.25, 0.3) is 5.91 Å². The van der Waals surface area contributed by atoms with Crippen molar-refractivity contribution >= 4 is 5.91 Å². The quantitative estimate of drug-likeness (QED) is 0.719. The highest BCUT2D eigenvalue weighted by atomic mass is 16.5. The van der Waals surface area contributed by atoms with Crippen LogP contribution in [0.15, 0.2) is 61.3 Å². The van der Waals surface area contributed by atoms with Crippen LogP contribution in [0.3, 0.4) is 0 Å². The van der Waals surface area contributed by atoms with Crippen LogP contribution in [0.25, 0.3) is 0 Å². The molecule has 4 rings (SSSR count). The highest BCUT2D eigenvalue weighted by Crippen LogP contribution is 2.18. The lowest BCUT2D eigenvalue weighted by Crippen LogP contribution is -2.37. The zero-order valence-electron chi connectivity index (χ0n) is 14.2. The van der Waals surface area contributed by atoms with Crippen molar-refractivity contribution in [2.75, 3.05) is 6.54 Å². The maximum atomic E-state index is 12.9. The van der Waals surface area contributed by atoms with Gasteiger partial charge in [-0.3, -0.25) is 9.78 Å². The monoisotopic (exact) mass is 349 g/mol. The molecule has 3 aromatic heterocycles. The summed E-state index contributed by atoms with van der Waals surface area (Å²) < 4.78 is 8.25. The first-order valence-corrected chi connectivity index (χ1v) is 8.50. The smallest absolute Gasteiger partial charge is 0.255 e. The molecule has 1 aliphatic rings. The minimum atomic E-state index is -0.109. The number of carbonyl (C=O) groups is 1. The third kappa shape index (κ3) is 3.62. The molecule has 0 radical (unpaired) electrons. The number of ether oxygens (including phenoxy) is 1. The summed E-state index contributed by atoms with van der Waals surface area (Å²) in [5, 5.41) is 7.55. The van der Waals surface area contributed by atoms with Crippen LogP contribution in [-0.4, -0.2) is 43.2 Å². The number of fused-ring (bicyclic) bond motifs is 1. The fraction of sp³-hybridized carbons (Fsp3) is 0.263. The zero-order valence-corrected chi connectivity index (χ0v) is 14.2. The van der Waals surface area contributed by atoms with Gasteiger partial charge in [-0.25, -0.2) is 0 Å². The lowest BCUT2D eigenvalue weighted by molar-refractivity contribution is 0.0104. The molecular formula is C19H19N5O2. The maximum Gasteiger partial charge on any atom is 0.255 e. The van der Waals surface area contributed by atoms with Crippen LogP contribution in [-0.2, 0) is 24.4 Å². The summed E-state index contributed by atoms with van der Waals surface area (Å²) in [6.07, 6.45) is 8.48. The second-order valence-electron chi connectivity index (χ2n) is 6.26. The number of carbonyl (C=O) groups excluding carboxylic acids is 1. The minimum Gasteiger partial charge on any atom is -0.370 e. The molecule has 1 aliphatic heterocycles. The number of pyridine rings is 1. The van der Waals surface area contributed by atoms with E-state index in [2.05, 4.69) is 19.7 Å². The first-order chi connectivity index (χ1) is 12.8. The Hall–Kier alpha value is -3.06. The van der Waals surface area contributed by atoms with Crippen molar-refractivity contribution < 1.29 is 9.53 Å². The van der Waals surface area contributed by atoms with Gasteiger partial charge in [0.1, 0.15) is 0 Å². The first kappa shape index (κ1) is 16.4. The van der Waals surface area contributed by atoms with Crippen molar-refractivity contribution in [3.8, 4) is 0 Å². The van der Waals surface area contributed by atoms with Gasteiger partial charge in [0.05, 0.1) is 43.8 Å². The topological polar surface area (TPSA) is 73.1 Å². The first-order valence-electron chi connectivity index (χ1n) is 8.50. The van der Waals surface area contributed by atoms with Crippen LogP contribution in [0.5, 0.6) is 0 Å². The molecule has 26 heavy (non-hydrogen) atoms. The van der Waals surface area contributed by atoms with Gasteiger partial charge in [-0.2, -0.15) is 10.2 Å². The Morgan fingerprint density at radius 2 is 2.08 bits per heavy atom. The third-order valence-corrected chi connectivity index (χ3v) is 4.43. The van der Waals surface area contributed by atoms with Crippen LogP contribution in [0.4, 0.5) is 0 Å². The molecule has 0 spiro atoms. The fourth-order valence-corrected chi connectivity index (χ4v) is 3.11. The van der Waals surface area contributed by atoms with Crippen LogP contribution < -0.4 is 0 Å². The molecule has 132 valence electrons. The number of aromatic nitrogens is 4. The Kier molecular flexibility index (Phi) is 4.70. The predicted molar refractivity (Wildman–Crippen MR) is 94.0 cm³/mol. The van der Waals surface area contributed by atoms with E-state index in [9.17, 15) is 4.79 Å². The molecule has 0 fully saturated rings. The Labute approximate surface area is 151 Å². The van der Waals surface area contributed by atoms with Crippen molar-refractivity contribution in [2.45, 2.75) is 25.8 Å². The van der Waals surface area contributed by atoms with E-state index in [-0.39, 0.29) is 12.0 Å². The zero-order chi connectivity index (χ0) is 17.8. The molecule has 4 heterocycles. The van der Waals surface area contributed by atoms with E-state index in [0.29, 0.717) is 31.8 Å². The van der Waals surface area contributed by atoms with Crippen molar-refractivity contribution in [1.29, 1.82) is 0 Å². The Morgan fingerprint density at radius 1 is 1.12 bits per heavy atom. The number of nitrogens with zero attached hydrogens (tertiary/aromatic N) is 5. The van der Waals surface area contributed by atoms with Crippen LogP contribution in [0, 0.1) is 0 Å². The summed E-state index contributed by atoms with van der Waals surface area (Å²) in [5.74, 6) is -0.0653. The molecule has 0 N–H and O–H groups in total. The molecule has 0 saturated heterocycles. The molecule has 0 unspecified atom stereocenters. The normalized spacial score (nSPS) is 16.8.